The first-order valence-electron chi connectivity index (χ1n) is 10.2. The van der Waals surface area contributed by atoms with Crippen LogP contribution < -0.4 is 10.1 Å². The Hall–Kier alpha value is -3.21. The monoisotopic (exact) mass is 404 g/mol. The number of aliphatic hydroxyl groups excluding tert-OH is 1. The number of rotatable bonds is 8. The van der Waals surface area contributed by atoms with Crippen molar-refractivity contribution in [3.63, 3.8) is 0 Å². The fourth-order valence-electron chi connectivity index (χ4n) is 3.85. The molecule has 154 valence electrons. The van der Waals surface area contributed by atoms with Gasteiger partial charge in [-0.1, -0.05) is 30.3 Å². The standard InChI is InChI=1S/C23H24N4O3/c1-2-12-29-21-9-6-15(13-16(21)14-24)23-26-22(27-30-23)19-5-3-4-18-17(19)7-8-20(18)25-10-11-28/h3-6,9,13,20,25,28H,2,7-8,10-12H2,1H3/t20-/m0/s1. The second-order valence-corrected chi connectivity index (χ2v) is 7.24. The third-order valence-electron chi connectivity index (χ3n) is 5.25. The number of hydrogen-bond acceptors (Lipinski definition) is 7. The molecule has 0 radical (unpaired) electrons. The molecule has 2 aromatic carbocycles. The van der Waals surface area contributed by atoms with Crippen molar-refractivity contribution in [2.24, 2.45) is 0 Å². The number of hydrogen-bond donors (Lipinski definition) is 2. The van der Waals surface area contributed by atoms with E-state index >= 15 is 0 Å². The van der Waals surface area contributed by atoms with E-state index in [4.69, 9.17) is 14.4 Å². The summed E-state index contributed by atoms with van der Waals surface area (Å²) < 4.78 is 11.1. The third-order valence-corrected chi connectivity index (χ3v) is 5.25. The number of nitrogens with one attached hydrogen (secondary N) is 1. The smallest absolute Gasteiger partial charge is 0.258 e. The third kappa shape index (κ3) is 3.92. The molecule has 1 aliphatic carbocycles. The van der Waals surface area contributed by atoms with Gasteiger partial charge >= 0.3 is 0 Å². The minimum atomic E-state index is 0.118. The average Bonchev–Trinajstić information content (AvgIpc) is 3.43. The Kier molecular flexibility index (Phi) is 6.07. The number of aromatic nitrogens is 2. The van der Waals surface area contributed by atoms with Crippen LogP contribution in [0.3, 0.4) is 0 Å². The first-order valence-corrected chi connectivity index (χ1v) is 10.2. The van der Waals surface area contributed by atoms with E-state index in [9.17, 15) is 5.26 Å². The number of benzene rings is 2. The van der Waals surface area contributed by atoms with Gasteiger partial charge in [-0.3, -0.25) is 0 Å². The predicted molar refractivity (Wildman–Crippen MR) is 112 cm³/mol. The van der Waals surface area contributed by atoms with Crippen LogP contribution in [0.5, 0.6) is 5.75 Å². The Labute approximate surface area is 175 Å². The van der Waals surface area contributed by atoms with Crippen LogP contribution in [0.15, 0.2) is 40.9 Å². The van der Waals surface area contributed by atoms with Gasteiger partial charge in [0, 0.05) is 23.7 Å². The number of nitriles is 1. The maximum Gasteiger partial charge on any atom is 0.258 e. The van der Waals surface area contributed by atoms with E-state index in [0.29, 0.717) is 41.7 Å². The highest BCUT2D eigenvalue weighted by molar-refractivity contribution is 5.67. The lowest BCUT2D eigenvalue weighted by Gasteiger charge is -2.13. The van der Waals surface area contributed by atoms with Crippen molar-refractivity contribution in [2.75, 3.05) is 19.8 Å². The molecule has 0 aliphatic heterocycles. The highest BCUT2D eigenvalue weighted by Gasteiger charge is 2.26. The largest absolute Gasteiger partial charge is 0.492 e. The Morgan fingerprint density at radius 1 is 1.33 bits per heavy atom. The van der Waals surface area contributed by atoms with Crippen molar-refractivity contribution in [1.29, 1.82) is 5.26 Å². The highest BCUT2D eigenvalue weighted by atomic mass is 16.5. The Morgan fingerprint density at radius 3 is 3.03 bits per heavy atom. The maximum atomic E-state index is 9.45. The van der Waals surface area contributed by atoms with Crippen LogP contribution in [-0.2, 0) is 6.42 Å². The second-order valence-electron chi connectivity index (χ2n) is 7.24. The van der Waals surface area contributed by atoms with Gasteiger partial charge in [-0.15, -0.1) is 0 Å². The minimum absolute atomic E-state index is 0.118. The molecule has 0 bridgehead atoms. The van der Waals surface area contributed by atoms with Gasteiger partial charge in [0.25, 0.3) is 5.89 Å². The molecule has 7 heteroatoms. The molecule has 0 saturated carbocycles. The van der Waals surface area contributed by atoms with Gasteiger partial charge in [0.15, 0.2) is 0 Å². The van der Waals surface area contributed by atoms with E-state index < -0.39 is 0 Å². The van der Waals surface area contributed by atoms with E-state index in [1.165, 1.54) is 11.1 Å². The van der Waals surface area contributed by atoms with Gasteiger partial charge in [0.1, 0.15) is 11.8 Å². The molecule has 2 N–H and O–H groups in total. The summed E-state index contributed by atoms with van der Waals surface area (Å²) in [4.78, 5) is 4.59. The lowest BCUT2D eigenvalue weighted by molar-refractivity contribution is 0.284. The first-order chi connectivity index (χ1) is 14.7. The fraction of sp³-hybridized carbons (Fsp3) is 0.348. The van der Waals surface area contributed by atoms with Crippen molar-refractivity contribution in [3.05, 3.63) is 53.1 Å². The molecule has 0 saturated heterocycles. The minimum Gasteiger partial charge on any atom is -0.492 e. The molecule has 7 nitrogen and oxygen atoms in total. The van der Waals surface area contributed by atoms with Crippen molar-refractivity contribution in [1.82, 2.24) is 15.5 Å². The maximum absolute atomic E-state index is 9.45. The zero-order valence-electron chi connectivity index (χ0n) is 16.9. The molecule has 0 unspecified atom stereocenters. The summed E-state index contributed by atoms with van der Waals surface area (Å²) in [5.41, 5.74) is 4.51. The van der Waals surface area contributed by atoms with E-state index in [0.717, 1.165) is 24.8 Å². The molecule has 4 rings (SSSR count). The molecule has 0 spiro atoms. The van der Waals surface area contributed by atoms with Crippen LogP contribution in [0.1, 0.15) is 42.5 Å². The summed E-state index contributed by atoms with van der Waals surface area (Å²) in [6.45, 7) is 3.27. The number of ether oxygens (including phenoxy) is 1. The van der Waals surface area contributed by atoms with Crippen LogP contribution >= 0.6 is 0 Å². The molecular weight excluding hydrogens is 380 g/mol. The number of aliphatic hydroxyl groups is 1. The second kappa shape index (κ2) is 9.08. The van der Waals surface area contributed by atoms with Crippen molar-refractivity contribution < 1.29 is 14.4 Å². The lowest BCUT2D eigenvalue weighted by Crippen LogP contribution is -2.22. The van der Waals surface area contributed by atoms with Gasteiger partial charge in [-0.2, -0.15) is 10.2 Å². The zero-order valence-corrected chi connectivity index (χ0v) is 16.9. The normalized spacial score (nSPS) is 15.0. The average molecular weight is 404 g/mol. The predicted octanol–water partition coefficient (Wildman–Crippen LogP) is 3.63. The fourth-order valence-corrected chi connectivity index (χ4v) is 3.85. The van der Waals surface area contributed by atoms with E-state index in [-0.39, 0.29) is 12.6 Å². The summed E-state index contributed by atoms with van der Waals surface area (Å²) in [5.74, 6) is 1.47. The summed E-state index contributed by atoms with van der Waals surface area (Å²) in [6.07, 6.45) is 2.76. The van der Waals surface area contributed by atoms with Gasteiger partial charge in [-0.05, 0) is 48.6 Å². The summed E-state index contributed by atoms with van der Waals surface area (Å²) in [6, 6.07) is 13.8. The van der Waals surface area contributed by atoms with Crippen molar-refractivity contribution in [3.8, 4) is 34.7 Å². The van der Waals surface area contributed by atoms with Crippen LogP contribution in [0.2, 0.25) is 0 Å². The molecule has 1 aliphatic rings. The summed E-state index contributed by atoms with van der Waals surface area (Å²) in [7, 11) is 0. The Balaban J connectivity index is 1.62. The van der Waals surface area contributed by atoms with Gasteiger partial charge in [0.05, 0.1) is 18.8 Å². The van der Waals surface area contributed by atoms with E-state index in [1.807, 2.05) is 25.1 Å². The molecule has 0 amide bonds. The summed E-state index contributed by atoms with van der Waals surface area (Å²) in [5, 5.41) is 26.1. The van der Waals surface area contributed by atoms with E-state index in [1.54, 1.807) is 12.1 Å². The van der Waals surface area contributed by atoms with Gasteiger partial charge < -0.3 is 19.7 Å². The summed E-state index contributed by atoms with van der Waals surface area (Å²) >= 11 is 0. The van der Waals surface area contributed by atoms with Gasteiger partial charge in [0.2, 0.25) is 5.82 Å². The van der Waals surface area contributed by atoms with E-state index in [2.05, 4.69) is 27.6 Å². The van der Waals surface area contributed by atoms with Crippen molar-refractivity contribution >= 4 is 0 Å². The number of nitrogens with zero attached hydrogens (tertiary/aromatic N) is 3. The molecule has 1 heterocycles. The molecule has 0 fully saturated rings. The molecule has 3 aromatic rings. The van der Waals surface area contributed by atoms with Crippen molar-refractivity contribution in [2.45, 2.75) is 32.2 Å². The Bertz CT molecular complexity index is 1070. The van der Waals surface area contributed by atoms with Gasteiger partial charge in [-0.25, -0.2) is 0 Å². The van der Waals surface area contributed by atoms with Crippen LogP contribution in [-0.4, -0.2) is 35.0 Å². The molecular formula is C23H24N4O3. The highest BCUT2D eigenvalue weighted by Crippen LogP contribution is 2.37. The van der Waals surface area contributed by atoms with Crippen LogP contribution in [0, 0.1) is 11.3 Å². The lowest BCUT2D eigenvalue weighted by atomic mass is 10.0. The van der Waals surface area contributed by atoms with Crippen LogP contribution in [0.25, 0.3) is 22.8 Å². The topological polar surface area (TPSA) is 104 Å². The quantitative estimate of drug-likeness (QED) is 0.591. The first kappa shape index (κ1) is 20.1. The number of fused-ring (bicyclic) bond motifs is 1. The SMILES string of the molecule is CCCOc1ccc(-c2nc(-c3cccc4c3CC[C@@H]4NCCO)no2)cc1C#N. The zero-order chi connectivity index (χ0) is 20.9. The van der Waals surface area contributed by atoms with Crippen LogP contribution in [0.4, 0.5) is 0 Å². The molecule has 1 aromatic heterocycles. The molecule has 30 heavy (non-hydrogen) atoms. The Morgan fingerprint density at radius 2 is 2.23 bits per heavy atom. The molecule has 1 atom stereocenters.